The third-order valence-corrected chi connectivity index (χ3v) is 9.06. The van der Waals surface area contributed by atoms with Crippen LogP contribution >= 0.6 is 23.1 Å². The first-order valence-electron chi connectivity index (χ1n) is 13.2. The van der Waals surface area contributed by atoms with Crippen molar-refractivity contribution in [2.24, 2.45) is 11.8 Å². The number of benzene rings is 1. The molecule has 0 aliphatic heterocycles. The van der Waals surface area contributed by atoms with Crippen LogP contribution in [0.2, 0.25) is 0 Å². The molecule has 3 aromatic heterocycles. The van der Waals surface area contributed by atoms with Crippen molar-refractivity contribution >= 4 is 61.8 Å². The summed E-state index contributed by atoms with van der Waals surface area (Å²) in [5, 5.41) is 21.2. The molecule has 0 radical (unpaired) electrons. The molecule has 3 aliphatic carbocycles. The molecule has 3 heterocycles. The zero-order valence-corrected chi connectivity index (χ0v) is 22.3. The summed E-state index contributed by atoms with van der Waals surface area (Å²) in [6.07, 6.45) is 7.55. The summed E-state index contributed by atoms with van der Waals surface area (Å²) in [5.41, 5.74) is 1.54. The van der Waals surface area contributed by atoms with Crippen molar-refractivity contribution in [3.8, 4) is 0 Å². The number of hydrogen-bond acceptors (Lipinski definition) is 10. The summed E-state index contributed by atoms with van der Waals surface area (Å²) in [4.78, 5) is 29.6. The SMILES string of the molecule is O=C(Nc1nc2ccc(Sc3nnc4ccc(NC5CCC(OC(=O)C6CC6)CC5)nn34)cc2s1)C1CC1. The van der Waals surface area contributed by atoms with E-state index in [0.29, 0.717) is 15.9 Å². The standard InChI is InChI=1S/C26H27N7O3S2/c34-23(14-1-2-14)29-25-28-19-10-9-18(13-20(19)38-25)37-26-31-30-22-12-11-21(32-33(22)26)27-16-5-7-17(8-6-16)36-24(35)15-3-4-15/h9-17H,1-8H2,(H,27,32)(H,28,29,34). The number of aromatic nitrogens is 5. The number of esters is 1. The van der Waals surface area contributed by atoms with Gasteiger partial charge in [-0.2, -0.15) is 4.52 Å². The van der Waals surface area contributed by atoms with E-state index in [-0.39, 0.29) is 35.9 Å². The third kappa shape index (κ3) is 5.19. The molecule has 10 nitrogen and oxygen atoms in total. The Kier molecular flexibility index (Phi) is 6.15. The zero-order valence-electron chi connectivity index (χ0n) is 20.6. The topological polar surface area (TPSA) is 123 Å². The average molecular weight is 550 g/mol. The lowest BCUT2D eigenvalue weighted by Gasteiger charge is -2.29. The zero-order chi connectivity index (χ0) is 25.6. The normalized spacial score (nSPS) is 21.5. The monoisotopic (exact) mass is 549 g/mol. The molecule has 0 bridgehead atoms. The van der Waals surface area contributed by atoms with Crippen LogP contribution in [0, 0.1) is 11.8 Å². The van der Waals surface area contributed by atoms with Gasteiger partial charge < -0.3 is 15.4 Å². The lowest BCUT2D eigenvalue weighted by Crippen LogP contribution is -2.31. The molecule has 0 unspecified atom stereocenters. The third-order valence-electron chi connectivity index (χ3n) is 7.20. The van der Waals surface area contributed by atoms with Gasteiger partial charge in [0.05, 0.1) is 16.1 Å². The van der Waals surface area contributed by atoms with E-state index in [4.69, 9.17) is 9.84 Å². The van der Waals surface area contributed by atoms with Crippen LogP contribution in [-0.2, 0) is 14.3 Å². The predicted octanol–water partition coefficient (Wildman–Crippen LogP) is 4.91. The molecule has 0 spiro atoms. The maximum atomic E-state index is 12.1. The van der Waals surface area contributed by atoms with Crippen molar-refractivity contribution in [2.75, 3.05) is 10.6 Å². The largest absolute Gasteiger partial charge is 0.462 e. The molecule has 3 aliphatic rings. The molecule has 7 rings (SSSR count). The molecule has 0 saturated heterocycles. The van der Waals surface area contributed by atoms with Gasteiger partial charge in [-0.05, 0) is 93.5 Å². The first kappa shape index (κ1) is 23.8. The Balaban J connectivity index is 1.01. The molecule has 3 fully saturated rings. The first-order chi connectivity index (χ1) is 18.6. The molecular formula is C26H27N7O3S2. The molecule has 0 atom stereocenters. The summed E-state index contributed by atoms with van der Waals surface area (Å²) >= 11 is 2.97. The minimum atomic E-state index is -0.0126. The number of ether oxygens (including phenoxy) is 1. The number of rotatable bonds is 8. The Labute approximate surface area is 226 Å². The summed E-state index contributed by atoms with van der Waals surface area (Å²) in [6.45, 7) is 0. The van der Waals surface area contributed by atoms with Crippen LogP contribution in [0.25, 0.3) is 15.9 Å². The number of hydrogen-bond donors (Lipinski definition) is 2. The van der Waals surface area contributed by atoms with E-state index in [1.54, 1.807) is 4.52 Å². The van der Waals surface area contributed by atoms with Crippen LogP contribution in [0.15, 0.2) is 40.4 Å². The maximum Gasteiger partial charge on any atom is 0.309 e. The molecule has 4 aromatic rings. The molecule has 196 valence electrons. The van der Waals surface area contributed by atoms with Crippen LogP contribution < -0.4 is 10.6 Å². The fourth-order valence-electron chi connectivity index (χ4n) is 4.70. The predicted molar refractivity (Wildman–Crippen MR) is 144 cm³/mol. The highest BCUT2D eigenvalue weighted by atomic mass is 32.2. The Morgan fingerprint density at radius 2 is 1.79 bits per heavy atom. The molecular weight excluding hydrogens is 522 g/mol. The highest BCUT2D eigenvalue weighted by Crippen LogP contribution is 2.35. The highest BCUT2D eigenvalue weighted by molar-refractivity contribution is 7.99. The number of carbonyl (C=O) groups excluding carboxylic acids is 2. The van der Waals surface area contributed by atoms with Gasteiger partial charge in [-0.25, -0.2) is 4.98 Å². The van der Waals surface area contributed by atoms with Gasteiger partial charge in [0.15, 0.2) is 10.8 Å². The number of fused-ring (bicyclic) bond motifs is 2. The summed E-state index contributed by atoms with van der Waals surface area (Å²) < 4.78 is 8.42. The number of amides is 1. The van der Waals surface area contributed by atoms with E-state index in [1.807, 2.05) is 24.3 Å². The van der Waals surface area contributed by atoms with Gasteiger partial charge in [-0.3, -0.25) is 9.59 Å². The van der Waals surface area contributed by atoms with Gasteiger partial charge in [-0.15, -0.1) is 15.3 Å². The minimum Gasteiger partial charge on any atom is -0.462 e. The van der Waals surface area contributed by atoms with Gasteiger partial charge in [0, 0.05) is 16.9 Å². The molecule has 1 amide bonds. The summed E-state index contributed by atoms with van der Waals surface area (Å²) in [5.74, 6) is 1.12. The lowest BCUT2D eigenvalue weighted by atomic mass is 9.93. The average Bonchev–Trinajstić information content (AvgIpc) is 3.85. The lowest BCUT2D eigenvalue weighted by molar-refractivity contribution is -0.152. The van der Waals surface area contributed by atoms with E-state index in [9.17, 15) is 9.59 Å². The van der Waals surface area contributed by atoms with E-state index >= 15 is 0 Å². The summed E-state index contributed by atoms with van der Waals surface area (Å²) in [7, 11) is 0. The second kappa shape index (κ2) is 9.81. The van der Waals surface area contributed by atoms with Crippen LogP contribution in [0.4, 0.5) is 10.9 Å². The quantitative estimate of drug-likeness (QED) is 0.295. The number of carbonyl (C=O) groups is 2. The summed E-state index contributed by atoms with van der Waals surface area (Å²) in [6, 6.07) is 10.1. The molecule has 1 aromatic carbocycles. The maximum absolute atomic E-state index is 12.1. The van der Waals surface area contributed by atoms with Gasteiger partial charge in [0.1, 0.15) is 11.9 Å². The second-order valence-electron chi connectivity index (χ2n) is 10.3. The molecule has 3 saturated carbocycles. The Hall–Kier alpha value is -3.25. The van der Waals surface area contributed by atoms with Gasteiger partial charge in [-0.1, -0.05) is 11.3 Å². The minimum absolute atomic E-state index is 0.0126. The Bertz CT molecular complexity index is 1520. The highest BCUT2D eigenvalue weighted by Gasteiger charge is 2.34. The number of nitrogens with zero attached hydrogens (tertiary/aromatic N) is 5. The van der Waals surface area contributed by atoms with Crippen molar-refractivity contribution < 1.29 is 14.3 Å². The van der Waals surface area contributed by atoms with Gasteiger partial charge >= 0.3 is 5.97 Å². The van der Waals surface area contributed by atoms with Crippen molar-refractivity contribution in [3.05, 3.63) is 30.3 Å². The number of anilines is 2. The van der Waals surface area contributed by atoms with Crippen molar-refractivity contribution in [3.63, 3.8) is 0 Å². The van der Waals surface area contributed by atoms with Crippen molar-refractivity contribution in [1.82, 2.24) is 24.8 Å². The fraction of sp³-hybridized carbons (Fsp3) is 0.462. The van der Waals surface area contributed by atoms with Gasteiger partial charge in [0.2, 0.25) is 11.1 Å². The van der Waals surface area contributed by atoms with Crippen LogP contribution in [-0.4, -0.2) is 48.8 Å². The Morgan fingerprint density at radius 1 is 0.974 bits per heavy atom. The van der Waals surface area contributed by atoms with Crippen molar-refractivity contribution in [1.29, 1.82) is 0 Å². The van der Waals surface area contributed by atoms with E-state index in [0.717, 1.165) is 72.3 Å². The second-order valence-corrected chi connectivity index (χ2v) is 12.4. The molecule has 38 heavy (non-hydrogen) atoms. The van der Waals surface area contributed by atoms with E-state index in [2.05, 4.69) is 31.9 Å². The first-order valence-corrected chi connectivity index (χ1v) is 14.8. The molecule has 2 N–H and O–H groups in total. The molecule has 12 heteroatoms. The number of nitrogens with one attached hydrogen (secondary N) is 2. The van der Waals surface area contributed by atoms with Crippen LogP contribution in [0.1, 0.15) is 51.4 Å². The van der Waals surface area contributed by atoms with E-state index < -0.39 is 0 Å². The fourth-order valence-corrected chi connectivity index (χ4v) is 6.51. The van der Waals surface area contributed by atoms with Crippen molar-refractivity contribution in [2.45, 2.75) is 73.6 Å². The smallest absolute Gasteiger partial charge is 0.309 e. The van der Waals surface area contributed by atoms with Crippen LogP contribution in [0.3, 0.4) is 0 Å². The van der Waals surface area contributed by atoms with E-state index in [1.165, 1.54) is 23.1 Å². The Morgan fingerprint density at radius 3 is 2.58 bits per heavy atom. The van der Waals surface area contributed by atoms with Gasteiger partial charge in [0.25, 0.3) is 0 Å². The number of thiazole rings is 1. The van der Waals surface area contributed by atoms with Crippen LogP contribution in [0.5, 0.6) is 0 Å².